The largest absolute Gasteiger partial charge is 0.399 e. The van der Waals surface area contributed by atoms with E-state index < -0.39 is 25.5 Å². The van der Waals surface area contributed by atoms with Crippen molar-refractivity contribution in [3.63, 3.8) is 0 Å². The summed E-state index contributed by atoms with van der Waals surface area (Å²) in [5.41, 5.74) is 6.96. The first kappa shape index (κ1) is 15.4. The molecule has 112 valence electrons. The molecule has 0 fully saturated rings. The van der Waals surface area contributed by atoms with Gasteiger partial charge in [0, 0.05) is 18.3 Å². The number of nitrogens with zero attached hydrogens (tertiary/aromatic N) is 1. The highest BCUT2D eigenvalue weighted by molar-refractivity contribution is 7.89. The number of sulfonamides is 1. The van der Waals surface area contributed by atoms with Gasteiger partial charge < -0.3 is 5.73 Å². The number of thiophene rings is 1. The SMILES string of the molecule is Cc1cscc1CNS(=O)(=O)c1cc(N)ccc1[N+](=O)[O-]. The topological polar surface area (TPSA) is 115 Å². The van der Waals surface area contributed by atoms with Crippen LogP contribution in [0.3, 0.4) is 0 Å². The van der Waals surface area contributed by atoms with Gasteiger partial charge in [-0.15, -0.1) is 0 Å². The van der Waals surface area contributed by atoms with E-state index in [2.05, 4.69) is 4.72 Å². The summed E-state index contributed by atoms with van der Waals surface area (Å²) in [6.45, 7) is 1.94. The lowest BCUT2D eigenvalue weighted by Gasteiger charge is -2.08. The summed E-state index contributed by atoms with van der Waals surface area (Å²) in [6.07, 6.45) is 0. The molecule has 0 aliphatic heterocycles. The van der Waals surface area contributed by atoms with Gasteiger partial charge >= 0.3 is 0 Å². The maximum absolute atomic E-state index is 12.2. The minimum absolute atomic E-state index is 0.0730. The predicted octanol–water partition coefficient (Wildman–Crippen LogP) is 2.03. The Hall–Kier alpha value is -1.97. The fraction of sp³-hybridized carbons (Fsp3) is 0.167. The monoisotopic (exact) mass is 327 g/mol. The van der Waals surface area contributed by atoms with E-state index in [0.717, 1.165) is 23.3 Å². The Bertz CT molecular complexity index is 784. The van der Waals surface area contributed by atoms with Crippen molar-refractivity contribution < 1.29 is 13.3 Å². The van der Waals surface area contributed by atoms with Gasteiger partial charge in [0.25, 0.3) is 5.69 Å². The average molecular weight is 327 g/mol. The summed E-state index contributed by atoms with van der Waals surface area (Å²) in [5.74, 6) is 0. The zero-order valence-corrected chi connectivity index (χ0v) is 12.7. The van der Waals surface area contributed by atoms with Crippen LogP contribution >= 0.6 is 11.3 Å². The van der Waals surface area contributed by atoms with Crippen molar-refractivity contribution in [3.8, 4) is 0 Å². The first-order valence-electron chi connectivity index (χ1n) is 5.86. The molecule has 0 spiro atoms. The third kappa shape index (κ3) is 3.38. The summed E-state index contributed by atoms with van der Waals surface area (Å²) >= 11 is 1.46. The van der Waals surface area contributed by atoms with Gasteiger partial charge in [0.1, 0.15) is 0 Å². The lowest BCUT2D eigenvalue weighted by molar-refractivity contribution is -0.387. The number of nitrogens with two attached hydrogens (primary N) is 1. The Kier molecular flexibility index (Phi) is 4.26. The van der Waals surface area contributed by atoms with E-state index in [4.69, 9.17) is 5.73 Å². The molecule has 0 aliphatic rings. The second-order valence-electron chi connectivity index (χ2n) is 4.39. The molecule has 3 N–H and O–H groups in total. The molecule has 7 nitrogen and oxygen atoms in total. The third-order valence-corrected chi connectivity index (χ3v) is 5.22. The number of anilines is 1. The Balaban J connectivity index is 2.33. The first-order valence-corrected chi connectivity index (χ1v) is 8.29. The smallest absolute Gasteiger partial charge is 0.289 e. The third-order valence-electron chi connectivity index (χ3n) is 2.88. The van der Waals surface area contributed by atoms with Crippen molar-refractivity contribution in [2.24, 2.45) is 0 Å². The lowest BCUT2D eigenvalue weighted by atomic mass is 10.2. The number of nitrogens with one attached hydrogen (secondary N) is 1. The van der Waals surface area contributed by atoms with E-state index >= 15 is 0 Å². The van der Waals surface area contributed by atoms with E-state index in [9.17, 15) is 18.5 Å². The van der Waals surface area contributed by atoms with Gasteiger partial charge in [-0.2, -0.15) is 11.3 Å². The highest BCUT2D eigenvalue weighted by atomic mass is 32.2. The van der Waals surface area contributed by atoms with E-state index in [-0.39, 0.29) is 12.2 Å². The quantitative estimate of drug-likeness (QED) is 0.495. The summed E-state index contributed by atoms with van der Waals surface area (Å²) in [4.78, 5) is 9.76. The maximum Gasteiger partial charge on any atom is 0.289 e. The van der Waals surface area contributed by atoms with Crippen LogP contribution in [0.4, 0.5) is 11.4 Å². The number of nitro groups is 1. The predicted molar refractivity (Wildman–Crippen MR) is 80.6 cm³/mol. The van der Waals surface area contributed by atoms with Crippen LogP contribution in [0.5, 0.6) is 0 Å². The number of rotatable bonds is 5. The maximum atomic E-state index is 12.2. The average Bonchev–Trinajstić information content (AvgIpc) is 2.81. The molecule has 1 heterocycles. The molecule has 0 unspecified atom stereocenters. The Labute approximate surface area is 125 Å². The summed E-state index contributed by atoms with van der Waals surface area (Å²) in [7, 11) is -4.02. The molecule has 1 aromatic carbocycles. The van der Waals surface area contributed by atoms with Gasteiger partial charge in [0.05, 0.1) is 4.92 Å². The van der Waals surface area contributed by atoms with Gasteiger partial charge in [-0.1, -0.05) is 0 Å². The van der Waals surface area contributed by atoms with Crippen LogP contribution in [0.15, 0.2) is 33.9 Å². The number of benzene rings is 1. The Morgan fingerprint density at radius 2 is 2.10 bits per heavy atom. The van der Waals surface area contributed by atoms with Crippen LogP contribution in [0.1, 0.15) is 11.1 Å². The summed E-state index contributed by atoms with van der Waals surface area (Å²) in [5, 5.41) is 14.7. The van der Waals surface area contributed by atoms with E-state index in [1.165, 1.54) is 17.4 Å². The normalized spacial score (nSPS) is 11.5. The van der Waals surface area contributed by atoms with Gasteiger partial charge in [-0.05, 0) is 40.9 Å². The van der Waals surface area contributed by atoms with Crippen LogP contribution in [-0.4, -0.2) is 13.3 Å². The first-order chi connectivity index (χ1) is 9.81. The molecule has 21 heavy (non-hydrogen) atoms. The van der Waals surface area contributed by atoms with Crippen molar-refractivity contribution in [1.29, 1.82) is 0 Å². The van der Waals surface area contributed by atoms with E-state index in [1.807, 2.05) is 17.7 Å². The Morgan fingerprint density at radius 3 is 2.67 bits per heavy atom. The van der Waals surface area contributed by atoms with Crippen LogP contribution in [-0.2, 0) is 16.6 Å². The number of hydrogen-bond donors (Lipinski definition) is 2. The van der Waals surface area contributed by atoms with Crippen molar-refractivity contribution in [1.82, 2.24) is 4.72 Å². The molecule has 0 amide bonds. The fourth-order valence-corrected chi connectivity index (χ4v) is 3.78. The molecule has 0 radical (unpaired) electrons. The second kappa shape index (κ2) is 5.80. The minimum Gasteiger partial charge on any atom is -0.399 e. The van der Waals surface area contributed by atoms with Crippen molar-refractivity contribution in [2.75, 3.05) is 5.73 Å². The van der Waals surface area contributed by atoms with Crippen LogP contribution < -0.4 is 10.5 Å². The highest BCUT2D eigenvalue weighted by Crippen LogP contribution is 2.26. The standard InChI is InChI=1S/C12H13N3O4S2/c1-8-6-20-7-9(8)5-14-21(18,19)12-4-10(13)2-3-11(12)15(16)17/h2-4,6-7,14H,5,13H2,1H3. The van der Waals surface area contributed by atoms with Gasteiger partial charge in [-0.3, -0.25) is 10.1 Å². The molecule has 0 bridgehead atoms. The van der Waals surface area contributed by atoms with Crippen molar-refractivity contribution in [2.45, 2.75) is 18.4 Å². The van der Waals surface area contributed by atoms with Crippen molar-refractivity contribution >= 4 is 32.7 Å². The molecule has 0 aliphatic carbocycles. The van der Waals surface area contributed by atoms with Crippen LogP contribution in [0.25, 0.3) is 0 Å². The minimum atomic E-state index is -4.02. The fourth-order valence-electron chi connectivity index (χ4n) is 1.72. The summed E-state index contributed by atoms with van der Waals surface area (Å²) in [6, 6.07) is 3.46. The molecule has 0 saturated heterocycles. The van der Waals surface area contributed by atoms with Crippen LogP contribution in [0, 0.1) is 17.0 Å². The number of nitro benzene ring substituents is 1. The highest BCUT2D eigenvalue weighted by Gasteiger charge is 2.25. The molecule has 2 rings (SSSR count). The second-order valence-corrected chi connectivity index (χ2v) is 6.87. The zero-order valence-electron chi connectivity index (χ0n) is 11.1. The molecule has 1 aromatic heterocycles. The molecule has 0 atom stereocenters. The molecular formula is C12H13N3O4S2. The van der Waals surface area contributed by atoms with Crippen molar-refractivity contribution in [3.05, 3.63) is 50.2 Å². The van der Waals surface area contributed by atoms with Gasteiger partial charge in [0.2, 0.25) is 10.0 Å². The zero-order chi connectivity index (χ0) is 15.6. The lowest BCUT2D eigenvalue weighted by Crippen LogP contribution is -2.24. The van der Waals surface area contributed by atoms with Gasteiger partial charge in [-0.25, -0.2) is 13.1 Å². The molecular weight excluding hydrogens is 314 g/mol. The number of nitrogen functional groups attached to an aromatic ring is 1. The van der Waals surface area contributed by atoms with Gasteiger partial charge in [0.15, 0.2) is 4.90 Å². The van der Waals surface area contributed by atoms with E-state index in [1.54, 1.807) is 0 Å². The molecule has 0 saturated carbocycles. The Morgan fingerprint density at radius 1 is 1.38 bits per heavy atom. The molecule has 9 heteroatoms. The van der Waals surface area contributed by atoms with Crippen LogP contribution in [0.2, 0.25) is 0 Å². The number of hydrogen-bond acceptors (Lipinski definition) is 6. The number of aryl methyl sites for hydroxylation is 1. The summed E-state index contributed by atoms with van der Waals surface area (Å²) < 4.78 is 26.9. The molecule has 2 aromatic rings. The van der Waals surface area contributed by atoms with E-state index in [0.29, 0.717) is 0 Å².